The lowest BCUT2D eigenvalue weighted by molar-refractivity contribution is -0.114. The number of carbonyl (C=O) groups is 3. The first-order valence-electron chi connectivity index (χ1n) is 12.7. The summed E-state index contributed by atoms with van der Waals surface area (Å²) in [6, 6.07) is 27.8. The summed E-state index contributed by atoms with van der Waals surface area (Å²) >= 11 is 7.45. The van der Waals surface area contributed by atoms with Crippen molar-refractivity contribution < 1.29 is 23.9 Å². The fraction of sp³-hybridized carbons (Fsp3) is 0.0938. The van der Waals surface area contributed by atoms with Gasteiger partial charge in [-0.1, -0.05) is 41.9 Å². The molecular weight excluding hydrogens is 574 g/mol. The highest BCUT2D eigenvalue weighted by atomic mass is 35.5. The monoisotopic (exact) mass is 601 g/mol. The van der Waals surface area contributed by atoms with Crippen LogP contribution in [0, 0.1) is 0 Å². The third-order valence-electron chi connectivity index (χ3n) is 5.85. The van der Waals surface area contributed by atoms with Gasteiger partial charge in [0.05, 0.1) is 25.7 Å². The molecule has 0 atom stereocenters. The SMILES string of the molecule is COc1ccc(OC)c(NC(=O)CSc2ccc(NC(=O)/C(=C/c3cccc(Cl)c3)NC(=O)c3ccccc3)cc2)c1. The Labute approximate surface area is 253 Å². The topological polar surface area (TPSA) is 106 Å². The van der Waals surface area contributed by atoms with E-state index in [1.54, 1.807) is 110 Å². The highest BCUT2D eigenvalue weighted by molar-refractivity contribution is 8.00. The van der Waals surface area contributed by atoms with Crippen molar-refractivity contribution in [1.82, 2.24) is 5.32 Å². The minimum Gasteiger partial charge on any atom is -0.497 e. The van der Waals surface area contributed by atoms with E-state index < -0.39 is 11.8 Å². The quantitative estimate of drug-likeness (QED) is 0.134. The molecule has 4 aromatic rings. The highest BCUT2D eigenvalue weighted by Crippen LogP contribution is 2.29. The van der Waals surface area contributed by atoms with E-state index in [4.69, 9.17) is 21.1 Å². The van der Waals surface area contributed by atoms with Crippen LogP contribution in [0.5, 0.6) is 11.5 Å². The second-order valence-electron chi connectivity index (χ2n) is 8.81. The third kappa shape index (κ3) is 8.63. The van der Waals surface area contributed by atoms with Crippen LogP contribution in [0.25, 0.3) is 6.08 Å². The van der Waals surface area contributed by atoms with Gasteiger partial charge in [0, 0.05) is 27.2 Å². The molecule has 3 amide bonds. The van der Waals surface area contributed by atoms with Crippen molar-refractivity contribution in [2.75, 3.05) is 30.6 Å². The molecule has 3 N–H and O–H groups in total. The van der Waals surface area contributed by atoms with Crippen LogP contribution in [0.2, 0.25) is 5.02 Å². The maximum atomic E-state index is 13.2. The number of benzene rings is 4. The number of halogens is 1. The Morgan fingerprint density at radius 2 is 1.60 bits per heavy atom. The van der Waals surface area contributed by atoms with Crippen molar-refractivity contribution in [2.24, 2.45) is 0 Å². The number of hydrogen-bond donors (Lipinski definition) is 3. The second-order valence-corrected chi connectivity index (χ2v) is 10.3. The fourth-order valence-corrected chi connectivity index (χ4v) is 4.68. The zero-order valence-corrected chi connectivity index (χ0v) is 24.4. The van der Waals surface area contributed by atoms with Crippen LogP contribution < -0.4 is 25.4 Å². The van der Waals surface area contributed by atoms with Crippen LogP contribution in [0.4, 0.5) is 11.4 Å². The number of rotatable bonds is 11. The van der Waals surface area contributed by atoms with Gasteiger partial charge in [0.1, 0.15) is 17.2 Å². The fourth-order valence-electron chi connectivity index (χ4n) is 3.79. The molecule has 0 saturated heterocycles. The lowest BCUT2D eigenvalue weighted by Crippen LogP contribution is -2.30. The van der Waals surface area contributed by atoms with Crippen molar-refractivity contribution in [2.45, 2.75) is 4.90 Å². The van der Waals surface area contributed by atoms with Gasteiger partial charge >= 0.3 is 0 Å². The molecule has 4 rings (SSSR count). The molecule has 0 saturated carbocycles. The molecule has 0 unspecified atom stereocenters. The average Bonchev–Trinajstić information content (AvgIpc) is 3.00. The predicted octanol–water partition coefficient (Wildman–Crippen LogP) is 6.50. The van der Waals surface area contributed by atoms with Crippen LogP contribution in [-0.4, -0.2) is 37.7 Å². The molecule has 10 heteroatoms. The normalized spacial score (nSPS) is 10.9. The molecule has 0 bridgehead atoms. The Balaban J connectivity index is 1.40. The molecule has 0 radical (unpaired) electrons. The zero-order valence-electron chi connectivity index (χ0n) is 22.8. The highest BCUT2D eigenvalue weighted by Gasteiger charge is 2.16. The van der Waals surface area contributed by atoms with E-state index in [9.17, 15) is 14.4 Å². The molecule has 0 aliphatic carbocycles. The lowest BCUT2D eigenvalue weighted by atomic mass is 10.1. The van der Waals surface area contributed by atoms with E-state index in [-0.39, 0.29) is 17.4 Å². The van der Waals surface area contributed by atoms with Gasteiger partial charge in [-0.25, -0.2) is 0 Å². The van der Waals surface area contributed by atoms with Crippen LogP contribution in [0.1, 0.15) is 15.9 Å². The van der Waals surface area contributed by atoms with Gasteiger partial charge in [-0.15, -0.1) is 11.8 Å². The number of hydrogen-bond acceptors (Lipinski definition) is 6. The summed E-state index contributed by atoms with van der Waals surface area (Å²) in [4.78, 5) is 39.4. The molecule has 0 fully saturated rings. The molecule has 8 nitrogen and oxygen atoms in total. The molecule has 42 heavy (non-hydrogen) atoms. The summed E-state index contributed by atoms with van der Waals surface area (Å²) in [5.74, 6) is 0.139. The predicted molar refractivity (Wildman–Crippen MR) is 167 cm³/mol. The van der Waals surface area contributed by atoms with E-state index in [1.165, 1.54) is 18.9 Å². The molecule has 0 aliphatic heterocycles. The molecule has 4 aromatic carbocycles. The minimum absolute atomic E-state index is 0.0502. The van der Waals surface area contributed by atoms with Crippen molar-refractivity contribution >= 4 is 58.5 Å². The molecule has 0 spiro atoms. The Bertz CT molecular complexity index is 1590. The Hall–Kier alpha value is -4.73. The number of carbonyl (C=O) groups excluding carboxylic acids is 3. The largest absolute Gasteiger partial charge is 0.497 e. The summed E-state index contributed by atoms with van der Waals surface area (Å²) in [5, 5.41) is 8.85. The van der Waals surface area contributed by atoms with Gasteiger partial charge in [0.2, 0.25) is 5.91 Å². The Kier molecular flexibility index (Phi) is 10.6. The third-order valence-corrected chi connectivity index (χ3v) is 7.10. The lowest BCUT2D eigenvalue weighted by Gasteiger charge is -2.12. The van der Waals surface area contributed by atoms with E-state index in [0.29, 0.717) is 39.0 Å². The minimum atomic E-state index is -0.508. The molecule has 0 heterocycles. The smallest absolute Gasteiger partial charge is 0.272 e. The van der Waals surface area contributed by atoms with Gasteiger partial charge in [0.15, 0.2) is 0 Å². The Morgan fingerprint density at radius 3 is 2.29 bits per heavy atom. The van der Waals surface area contributed by atoms with Crippen molar-refractivity contribution in [3.8, 4) is 11.5 Å². The van der Waals surface area contributed by atoms with Crippen LogP contribution in [0.3, 0.4) is 0 Å². The van der Waals surface area contributed by atoms with Gasteiger partial charge in [-0.2, -0.15) is 0 Å². The van der Waals surface area contributed by atoms with E-state index >= 15 is 0 Å². The summed E-state index contributed by atoms with van der Waals surface area (Å²) in [6.45, 7) is 0. The van der Waals surface area contributed by atoms with Crippen molar-refractivity contribution in [3.05, 3.63) is 119 Å². The number of anilines is 2. The van der Waals surface area contributed by atoms with Crippen LogP contribution in [-0.2, 0) is 9.59 Å². The molecular formula is C32H28ClN3O5S. The molecule has 0 aromatic heterocycles. The van der Waals surface area contributed by atoms with E-state index in [1.807, 2.05) is 0 Å². The van der Waals surface area contributed by atoms with Gasteiger partial charge in [-0.3, -0.25) is 14.4 Å². The zero-order chi connectivity index (χ0) is 29.9. The summed E-state index contributed by atoms with van der Waals surface area (Å²) in [5.41, 5.74) is 2.15. The van der Waals surface area contributed by atoms with Crippen LogP contribution in [0.15, 0.2) is 108 Å². The number of ether oxygens (including phenoxy) is 2. The number of thioether (sulfide) groups is 1. The second kappa shape index (κ2) is 14.8. The first-order chi connectivity index (χ1) is 20.3. The van der Waals surface area contributed by atoms with Gasteiger partial charge in [0.25, 0.3) is 11.8 Å². The maximum Gasteiger partial charge on any atom is 0.272 e. The standard InChI is InChI=1S/C32H28ClN3O5S/c1-40-25-13-16-29(41-2)27(19-25)35-30(37)20-42-26-14-11-24(12-15-26)34-32(39)28(18-21-7-6-10-23(33)17-21)36-31(38)22-8-4-3-5-9-22/h3-19H,20H2,1-2H3,(H,34,39)(H,35,37)(H,36,38)/b28-18-. The van der Waals surface area contributed by atoms with E-state index in [0.717, 1.165) is 4.90 Å². The molecule has 214 valence electrons. The molecule has 0 aliphatic rings. The van der Waals surface area contributed by atoms with Crippen molar-refractivity contribution in [1.29, 1.82) is 0 Å². The van der Waals surface area contributed by atoms with Gasteiger partial charge < -0.3 is 25.4 Å². The number of methoxy groups -OCH3 is 2. The Morgan fingerprint density at radius 1 is 0.833 bits per heavy atom. The van der Waals surface area contributed by atoms with Crippen LogP contribution >= 0.6 is 23.4 Å². The summed E-state index contributed by atoms with van der Waals surface area (Å²) in [6.07, 6.45) is 1.56. The first-order valence-corrected chi connectivity index (χ1v) is 14.1. The average molecular weight is 602 g/mol. The van der Waals surface area contributed by atoms with E-state index in [2.05, 4.69) is 16.0 Å². The van der Waals surface area contributed by atoms with Crippen molar-refractivity contribution in [3.63, 3.8) is 0 Å². The summed E-state index contributed by atoms with van der Waals surface area (Å²) < 4.78 is 10.5. The summed E-state index contributed by atoms with van der Waals surface area (Å²) in [7, 11) is 3.08. The number of amides is 3. The van der Waals surface area contributed by atoms with Gasteiger partial charge in [-0.05, 0) is 72.3 Å². The number of nitrogens with one attached hydrogen (secondary N) is 3. The maximum absolute atomic E-state index is 13.2. The first kappa shape index (κ1) is 30.2.